The average molecular weight is 188 g/mol. The monoisotopic (exact) mass is 188 g/mol. The predicted octanol–water partition coefficient (Wildman–Crippen LogP) is 3.67. The van der Waals surface area contributed by atoms with Gasteiger partial charge in [0.1, 0.15) is 5.75 Å². The minimum absolute atomic E-state index is 0.908. The molecular formula is C13H16O. The van der Waals surface area contributed by atoms with Crippen molar-refractivity contribution in [1.82, 2.24) is 0 Å². The van der Waals surface area contributed by atoms with E-state index in [9.17, 15) is 0 Å². The molecule has 1 heteroatoms. The Morgan fingerprint density at radius 2 is 1.93 bits per heavy atom. The van der Waals surface area contributed by atoms with Crippen LogP contribution in [-0.2, 0) is 0 Å². The molecule has 0 atom stereocenters. The van der Waals surface area contributed by atoms with Crippen molar-refractivity contribution in [2.45, 2.75) is 13.8 Å². The van der Waals surface area contributed by atoms with Gasteiger partial charge < -0.3 is 4.74 Å². The molecule has 0 aromatic heterocycles. The number of ether oxygens (including phenoxy) is 1. The standard InChI is InChI=1S/C13H16O/c1-11(2)7-6-9-12-8-4-5-10-13(12)14-3/h4-10H,1-3H3/b9-6-. The van der Waals surface area contributed by atoms with Gasteiger partial charge in [-0.3, -0.25) is 0 Å². The van der Waals surface area contributed by atoms with Gasteiger partial charge in [0.05, 0.1) is 7.11 Å². The van der Waals surface area contributed by atoms with Gasteiger partial charge in [0.2, 0.25) is 0 Å². The summed E-state index contributed by atoms with van der Waals surface area (Å²) >= 11 is 0. The number of methoxy groups -OCH3 is 1. The molecule has 0 unspecified atom stereocenters. The van der Waals surface area contributed by atoms with Crippen LogP contribution >= 0.6 is 0 Å². The lowest BCUT2D eigenvalue weighted by atomic mass is 10.2. The highest BCUT2D eigenvalue weighted by atomic mass is 16.5. The van der Waals surface area contributed by atoms with Crippen molar-refractivity contribution >= 4 is 6.08 Å². The Hall–Kier alpha value is -1.50. The quantitative estimate of drug-likeness (QED) is 0.657. The van der Waals surface area contributed by atoms with E-state index in [0.717, 1.165) is 11.3 Å². The second-order valence-electron chi connectivity index (χ2n) is 3.35. The van der Waals surface area contributed by atoms with Gasteiger partial charge in [-0.15, -0.1) is 0 Å². The molecule has 0 aliphatic rings. The SMILES string of the molecule is COc1ccccc1/C=C\C=C(C)C. The number of hydrogen-bond donors (Lipinski definition) is 0. The molecule has 1 aromatic carbocycles. The van der Waals surface area contributed by atoms with Crippen molar-refractivity contribution in [3.63, 3.8) is 0 Å². The van der Waals surface area contributed by atoms with Gasteiger partial charge in [-0.2, -0.15) is 0 Å². The maximum atomic E-state index is 5.23. The first kappa shape index (κ1) is 10.6. The largest absolute Gasteiger partial charge is 0.496 e. The van der Waals surface area contributed by atoms with Crippen LogP contribution in [0.1, 0.15) is 19.4 Å². The van der Waals surface area contributed by atoms with E-state index < -0.39 is 0 Å². The van der Waals surface area contributed by atoms with Crippen molar-refractivity contribution in [3.05, 3.63) is 47.6 Å². The summed E-state index contributed by atoms with van der Waals surface area (Å²) in [6, 6.07) is 7.97. The molecule has 0 radical (unpaired) electrons. The minimum atomic E-state index is 0.908. The summed E-state index contributed by atoms with van der Waals surface area (Å²) in [4.78, 5) is 0. The summed E-state index contributed by atoms with van der Waals surface area (Å²) in [5.41, 5.74) is 2.39. The highest BCUT2D eigenvalue weighted by Crippen LogP contribution is 2.18. The van der Waals surface area contributed by atoms with Crippen LogP contribution in [-0.4, -0.2) is 7.11 Å². The molecule has 0 fully saturated rings. The Balaban J connectivity index is 2.85. The van der Waals surface area contributed by atoms with Gasteiger partial charge in [0.15, 0.2) is 0 Å². The third-order valence-corrected chi connectivity index (χ3v) is 1.84. The zero-order valence-corrected chi connectivity index (χ0v) is 8.95. The second kappa shape index (κ2) is 5.28. The summed E-state index contributed by atoms with van der Waals surface area (Å²) < 4.78 is 5.23. The van der Waals surface area contributed by atoms with Crippen LogP contribution < -0.4 is 4.74 Å². The summed E-state index contributed by atoms with van der Waals surface area (Å²) in [6.07, 6.45) is 6.16. The second-order valence-corrected chi connectivity index (χ2v) is 3.35. The Morgan fingerprint density at radius 1 is 1.21 bits per heavy atom. The van der Waals surface area contributed by atoms with E-state index in [4.69, 9.17) is 4.74 Å². The van der Waals surface area contributed by atoms with E-state index in [1.54, 1.807) is 7.11 Å². The molecule has 0 saturated heterocycles. The Labute approximate surface area is 85.7 Å². The molecule has 1 aromatic rings. The molecule has 0 aliphatic carbocycles. The molecular weight excluding hydrogens is 172 g/mol. The van der Waals surface area contributed by atoms with E-state index >= 15 is 0 Å². The van der Waals surface area contributed by atoms with Gasteiger partial charge in [-0.05, 0) is 19.9 Å². The van der Waals surface area contributed by atoms with Gasteiger partial charge in [0, 0.05) is 5.56 Å². The fourth-order valence-electron chi connectivity index (χ4n) is 1.15. The zero-order chi connectivity index (χ0) is 10.4. The van der Waals surface area contributed by atoms with Crippen molar-refractivity contribution < 1.29 is 4.74 Å². The lowest BCUT2D eigenvalue weighted by molar-refractivity contribution is 0.414. The molecule has 74 valence electrons. The van der Waals surface area contributed by atoms with Crippen LogP contribution in [0.5, 0.6) is 5.75 Å². The van der Waals surface area contributed by atoms with E-state index in [1.807, 2.05) is 36.4 Å². The van der Waals surface area contributed by atoms with Crippen LogP contribution in [0.25, 0.3) is 6.08 Å². The Kier molecular flexibility index (Phi) is 3.99. The molecule has 1 rings (SSSR count). The van der Waals surface area contributed by atoms with Gasteiger partial charge in [0.25, 0.3) is 0 Å². The maximum absolute atomic E-state index is 5.23. The fraction of sp³-hybridized carbons (Fsp3) is 0.231. The molecule has 0 aliphatic heterocycles. The van der Waals surface area contributed by atoms with E-state index in [-0.39, 0.29) is 0 Å². The number of para-hydroxylation sites is 1. The van der Waals surface area contributed by atoms with Gasteiger partial charge in [-0.1, -0.05) is 42.0 Å². The highest BCUT2D eigenvalue weighted by molar-refractivity contribution is 5.58. The van der Waals surface area contributed by atoms with Crippen molar-refractivity contribution in [1.29, 1.82) is 0 Å². The first-order valence-corrected chi connectivity index (χ1v) is 4.68. The Morgan fingerprint density at radius 3 is 2.57 bits per heavy atom. The van der Waals surface area contributed by atoms with Gasteiger partial charge in [-0.25, -0.2) is 0 Å². The summed E-state index contributed by atoms with van der Waals surface area (Å²) in [6.45, 7) is 4.15. The third-order valence-electron chi connectivity index (χ3n) is 1.84. The first-order valence-electron chi connectivity index (χ1n) is 4.68. The fourth-order valence-corrected chi connectivity index (χ4v) is 1.15. The van der Waals surface area contributed by atoms with Crippen LogP contribution in [0, 0.1) is 0 Å². The average Bonchev–Trinajstić information content (AvgIpc) is 2.18. The molecule has 0 saturated carbocycles. The van der Waals surface area contributed by atoms with Crippen LogP contribution in [0.3, 0.4) is 0 Å². The van der Waals surface area contributed by atoms with Crippen LogP contribution in [0.15, 0.2) is 42.0 Å². The molecule has 0 amide bonds. The van der Waals surface area contributed by atoms with Gasteiger partial charge >= 0.3 is 0 Å². The lowest BCUT2D eigenvalue weighted by Gasteiger charge is -2.02. The Bertz CT molecular complexity index is 344. The topological polar surface area (TPSA) is 9.23 Å². The minimum Gasteiger partial charge on any atom is -0.496 e. The molecule has 0 bridgehead atoms. The van der Waals surface area contributed by atoms with E-state index in [2.05, 4.69) is 19.9 Å². The first-order chi connectivity index (χ1) is 6.74. The number of rotatable bonds is 3. The number of hydrogen-bond acceptors (Lipinski definition) is 1. The van der Waals surface area contributed by atoms with Crippen LogP contribution in [0.2, 0.25) is 0 Å². The molecule has 14 heavy (non-hydrogen) atoms. The number of allylic oxidation sites excluding steroid dienone is 3. The maximum Gasteiger partial charge on any atom is 0.126 e. The van der Waals surface area contributed by atoms with Crippen LogP contribution in [0.4, 0.5) is 0 Å². The van der Waals surface area contributed by atoms with E-state index in [1.165, 1.54) is 5.57 Å². The zero-order valence-electron chi connectivity index (χ0n) is 8.95. The molecule has 1 nitrogen and oxygen atoms in total. The normalized spacial score (nSPS) is 10.2. The number of benzene rings is 1. The summed E-state index contributed by atoms with van der Waals surface area (Å²) in [7, 11) is 1.69. The third kappa shape index (κ3) is 3.09. The highest BCUT2D eigenvalue weighted by Gasteiger charge is 1.94. The smallest absolute Gasteiger partial charge is 0.126 e. The molecule has 0 spiro atoms. The summed E-state index contributed by atoms with van der Waals surface area (Å²) in [5, 5.41) is 0. The summed E-state index contributed by atoms with van der Waals surface area (Å²) in [5.74, 6) is 0.908. The van der Waals surface area contributed by atoms with Crippen molar-refractivity contribution in [2.24, 2.45) is 0 Å². The van der Waals surface area contributed by atoms with Crippen molar-refractivity contribution in [3.8, 4) is 5.75 Å². The lowest BCUT2D eigenvalue weighted by Crippen LogP contribution is -1.85. The van der Waals surface area contributed by atoms with Crippen molar-refractivity contribution in [2.75, 3.05) is 7.11 Å². The van der Waals surface area contributed by atoms with E-state index in [0.29, 0.717) is 0 Å². The molecule has 0 N–H and O–H groups in total. The molecule has 0 heterocycles. The predicted molar refractivity (Wildman–Crippen MR) is 61.5 cm³/mol.